The minimum absolute atomic E-state index is 0.0352. The molecule has 0 aliphatic rings. The van der Waals surface area contributed by atoms with Gasteiger partial charge in [-0.3, -0.25) is 0 Å². The average Bonchev–Trinajstić information content (AvgIpc) is 2.90. The second-order valence-electron chi connectivity index (χ2n) is 8.70. The summed E-state index contributed by atoms with van der Waals surface area (Å²) < 4.78 is 34.8. The van der Waals surface area contributed by atoms with Gasteiger partial charge in [-0.25, -0.2) is 8.78 Å². The molecule has 3 nitrogen and oxygen atoms in total. The van der Waals surface area contributed by atoms with Gasteiger partial charge in [0.15, 0.2) is 0 Å². The number of aliphatic hydroxyl groups is 2. The molecule has 0 aromatic heterocycles. The van der Waals surface area contributed by atoms with Gasteiger partial charge in [0.1, 0.15) is 22.8 Å². The lowest BCUT2D eigenvalue weighted by Crippen LogP contribution is -2.43. The molecule has 0 bridgehead atoms. The summed E-state index contributed by atoms with van der Waals surface area (Å²) in [5.41, 5.74) is -0.550. The lowest BCUT2D eigenvalue weighted by Gasteiger charge is -2.39. The predicted octanol–water partition coefficient (Wildman–Crippen LogP) is 5.79. The molecular weight excluding hydrogens is 446 g/mol. The fourth-order valence-corrected chi connectivity index (χ4v) is 4.50. The first-order chi connectivity index (χ1) is 16.9. The van der Waals surface area contributed by atoms with Crippen molar-refractivity contribution in [1.82, 2.24) is 0 Å². The zero-order valence-corrected chi connectivity index (χ0v) is 19.4. The molecule has 0 aliphatic heterocycles. The second kappa shape index (κ2) is 10.5. The maximum atomic E-state index is 14.6. The molecule has 0 aliphatic carbocycles. The Labute approximate surface area is 204 Å². The normalized spacial score (nSPS) is 14.3. The van der Waals surface area contributed by atoms with Crippen LogP contribution < -0.4 is 0 Å². The van der Waals surface area contributed by atoms with Crippen molar-refractivity contribution in [2.75, 3.05) is 13.2 Å². The summed E-state index contributed by atoms with van der Waals surface area (Å²) in [4.78, 5) is 0. The Kier molecular flexibility index (Phi) is 7.41. The summed E-state index contributed by atoms with van der Waals surface area (Å²) in [6.07, 6.45) is 0. The minimum atomic E-state index is -1.98. The van der Waals surface area contributed by atoms with Gasteiger partial charge < -0.3 is 14.9 Å². The van der Waals surface area contributed by atoms with Crippen molar-refractivity contribution in [3.63, 3.8) is 0 Å². The molecule has 4 aromatic rings. The van der Waals surface area contributed by atoms with Gasteiger partial charge in [0.2, 0.25) is 0 Å². The third-order valence-electron chi connectivity index (χ3n) is 6.54. The Morgan fingerprint density at radius 1 is 0.743 bits per heavy atom. The highest BCUT2D eigenvalue weighted by molar-refractivity contribution is 5.47. The summed E-state index contributed by atoms with van der Waals surface area (Å²) >= 11 is 0. The quantitative estimate of drug-likeness (QED) is 0.302. The molecule has 0 amide bonds. The third kappa shape index (κ3) is 4.76. The van der Waals surface area contributed by atoms with Gasteiger partial charge in [-0.15, -0.1) is 0 Å². The van der Waals surface area contributed by atoms with E-state index in [2.05, 4.69) is 0 Å². The largest absolute Gasteiger partial charge is 0.393 e. The number of benzene rings is 4. The molecule has 35 heavy (non-hydrogen) atoms. The smallest absolute Gasteiger partial charge is 0.143 e. The molecule has 0 fully saturated rings. The highest BCUT2D eigenvalue weighted by Gasteiger charge is 2.42. The molecule has 0 unspecified atom stereocenters. The van der Waals surface area contributed by atoms with E-state index in [0.717, 1.165) is 28.8 Å². The molecule has 180 valence electrons. The van der Waals surface area contributed by atoms with Crippen LogP contribution in [0.1, 0.15) is 29.2 Å². The van der Waals surface area contributed by atoms with E-state index in [-0.39, 0.29) is 12.2 Å². The summed E-state index contributed by atoms with van der Waals surface area (Å²) in [5.74, 6) is -2.43. The SMILES string of the molecule is C[C@@H](COC(c1ccccc1)(c1ccccc1)c1ccccc1)[C@@](O)(CO)c1ccc(F)cc1F. The Morgan fingerprint density at radius 3 is 1.60 bits per heavy atom. The van der Waals surface area contributed by atoms with E-state index >= 15 is 0 Å². The number of aliphatic hydroxyl groups excluding tert-OH is 1. The molecule has 2 atom stereocenters. The molecule has 4 rings (SSSR count). The van der Waals surface area contributed by atoms with Crippen LogP contribution in [0.3, 0.4) is 0 Å². The van der Waals surface area contributed by atoms with Crippen molar-refractivity contribution in [2.45, 2.75) is 18.1 Å². The van der Waals surface area contributed by atoms with Crippen LogP contribution in [0.2, 0.25) is 0 Å². The zero-order chi connectivity index (χ0) is 24.9. The van der Waals surface area contributed by atoms with Crippen LogP contribution in [0.4, 0.5) is 8.78 Å². The molecule has 0 saturated carbocycles. The molecule has 5 heteroatoms. The number of ether oxygens (including phenoxy) is 1. The Hall–Kier alpha value is -3.38. The van der Waals surface area contributed by atoms with Crippen molar-refractivity contribution in [3.8, 4) is 0 Å². The van der Waals surface area contributed by atoms with Crippen LogP contribution in [0.5, 0.6) is 0 Å². The summed E-state index contributed by atoms with van der Waals surface area (Å²) in [6, 6.07) is 32.1. The summed E-state index contributed by atoms with van der Waals surface area (Å²) in [7, 11) is 0. The highest BCUT2D eigenvalue weighted by atomic mass is 19.1. The maximum absolute atomic E-state index is 14.6. The highest BCUT2D eigenvalue weighted by Crippen LogP contribution is 2.42. The standard InChI is InChI=1S/C30H28F2O3/c1-22(29(34,21-33)27-18-17-26(31)19-28(27)32)20-35-30(23-11-5-2-6-12-23,24-13-7-3-8-14-24)25-15-9-4-10-16-25/h2-19,22,33-34H,20-21H2,1H3/t22-,29-/m0/s1. The molecule has 0 radical (unpaired) electrons. The van der Waals surface area contributed by atoms with Crippen LogP contribution >= 0.6 is 0 Å². The zero-order valence-electron chi connectivity index (χ0n) is 19.4. The van der Waals surface area contributed by atoms with Crippen molar-refractivity contribution in [3.05, 3.63) is 143 Å². The van der Waals surface area contributed by atoms with Crippen molar-refractivity contribution < 1.29 is 23.7 Å². The van der Waals surface area contributed by atoms with E-state index in [1.807, 2.05) is 91.0 Å². The van der Waals surface area contributed by atoms with E-state index in [1.54, 1.807) is 6.92 Å². The third-order valence-corrected chi connectivity index (χ3v) is 6.54. The number of hydrogen-bond acceptors (Lipinski definition) is 3. The molecule has 0 heterocycles. The predicted molar refractivity (Wildman–Crippen MR) is 132 cm³/mol. The van der Waals surface area contributed by atoms with Gasteiger partial charge >= 0.3 is 0 Å². The van der Waals surface area contributed by atoms with Gasteiger partial charge in [-0.05, 0) is 22.8 Å². The first kappa shape index (κ1) is 24.7. The van der Waals surface area contributed by atoms with Gasteiger partial charge in [0.05, 0.1) is 13.2 Å². The Morgan fingerprint density at radius 2 is 1.20 bits per heavy atom. The van der Waals surface area contributed by atoms with Crippen molar-refractivity contribution in [2.24, 2.45) is 5.92 Å². The van der Waals surface area contributed by atoms with Crippen molar-refractivity contribution in [1.29, 1.82) is 0 Å². The Bertz CT molecular complexity index is 1140. The molecular formula is C30H28F2O3. The van der Waals surface area contributed by atoms with Gasteiger partial charge in [-0.1, -0.05) is 104 Å². The lowest BCUT2D eigenvalue weighted by atomic mass is 9.79. The number of hydrogen-bond donors (Lipinski definition) is 2. The van der Waals surface area contributed by atoms with Crippen LogP contribution in [-0.2, 0) is 15.9 Å². The van der Waals surface area contributed by atoms with E-state index in [4.69, 9.17) is 4.74 Å². The molecule has 0 spiro atoms. The van der Waals surface area contributed by atoms with E-state index in [0.29, 0.717) is 6.07 Å². The monoisotopic (exact) mass is 474 g/mol. The topological polar surface area (TPSA) is 49.7 Å². The van der Waals surface area contributed by atoms with Crippen LogP contribution in [-0.4, -0.2) is 23.4 Å². The fourth-order valence-electron chi connectivity index (χ4n) is 4.50. The number of rotatable bonds is 9. The second-order valence-corrected chi connectivity index (χ2v) is 8.70. The maximum Gasteiger partial charge on any atom is 0.143 e. The van der Waals surface area contributed by atoms with E-state index in [9.17, 15) is 19.0 Å². The molecule has 4 aromatic carbocycles. The van der Waals surface area contributed by atoms with Crippen LogP contribution in [0, 0.1) is 17.6 Å². The van der Waals surface area contributed by atoms with Gasteiger partial charge in [-0.2, -0.15) is 0 Å². The Balaban J connectivity index is 1.79. The summed E-state index contributed by atoms with van der Waals surface area (Å²) in [6.45, 7) is 0.881. The minimum Gasteiger partial charge on any atom is -0.393 e. The van der Waals surface area contributed by atoms with E-state index in [1.165, 1.54) is 0 Å². The van der Waals surface area contributed by atoms with Crippen LogP contribution in [0.15, 0.2) is 109 Å². The summed E-state index contributed by atoms with van der Waals surface area (Å²) in [5, 5.41) is 21.5. The number of halogens is 2. The average molecular weight is 475 g/mol. The lowest BCUT2D eigenvalue weighted by molar-refractivity contribution is -0.108. The van der Waals surface area contributed by atoms with Crippen molar-refractivity contribution >= 4 is 0 Å². The molecule has 2 N–H and O–H groups in total. The first-order valence-electron chi connectivity index (χ1n) is 11.5. The first-order valence-corrected chi connectivity index (χ1v) is 11.5. The van der Waals surface area contributed by atoms with Gasteiger partial charge in [0.25, 0.3) is 0 Å². The van der Waals surface area contributed by atoms with Gasteiger partial charge in [0, 0.05) is 17.5 Å². The molecule has 0 saturated heterocycles. The van der Waals surface area contributed by atoms with E-state index < -0.39 is 35.4 Å². The van der Waals surface area contributed by atoms with Crippen LogP contribution in [0.25, 0.3) is 0 Å². The fraction of sp³-hybridized carbons (Fsp3) is 0.200.